The van der Waals surface area contributed by atoms with E-state index < -0.39 is 11.9 Å². The van der Waals surface area contributed by atoms with Crippen LogP contribution in [0.1, 0.15) is 6.42 Å². The highest BCUT2D eigenvalue weighted by Gasteiger charge is 2.26. The maximum absolute atomic E-state index is 12.3. The quantitative estimate of drug-likeness (QED) is 0.668. The Kier molecular flexibility index (Phi) is 7.54. The third kappa shape index (κ3) is 6.11. The number of carbonyl (C=O) groups excluding carboxylic acids is 1. The van der Waals surface area contributed by atoms with Gasteiger partial charge in [-0.3, -0.25) is 14.5 Å². The highest BCUT2D eigenvalue weighted by atomic mass is 35.5. The molecule has 1 aliphatic rings. The van der Waals surface area contributed by atoms with E-state index in [-0.39, 0.29) is 12.3 Å². The highest BCUT2D eigenvalue weighted by Crippen LogP contribution is 2.20. The lowest BCUT2D eigenvalue weighted by Gasteiger charge is -2.37. The number of aliphatic carboxylic acids is 1. The van der Waals surface area contributed by atoms with Crippen molar-refractivity contribution in [1.29, 1.82) is 0 Å². The van der Waals surface area contributed by atoms with E-state index in [9.17, 15) is 14.7 Å². The molecule has 1 saturated heterocycles. The second kappa shape index (κ2) is 10.3. The van der Waals surface area contributed by atoms with Crippen molar-refractivity contribution < 1.29 is 19.4 Å². The molecule has 30 heavy (non-hydrogen) atoms. The molecule has 0 spiro atoms. The van der Waals surface area contributed by atoms with Gasteiger partial charge in [-0.25, -0.2) is 0 Å². The number of methoxy groups -OCH3 is 1. The molecule has 0 bridgehead atoms. The predicted molar refractivity (Wildman–Crippen MR) is 117 cm³/mol. The number of carboxylic acid groups (broad SMARTS) is 1. The summed E-state index contributed by atoms with van der Waals surface area (Å²) in [5, 5.41) is 13.1. The fraction of sp³-hybridized carbons (Fsp3) is 0.364. The Morgan fingerprint density at radius 2 is 1.70 bits per heavy atom. The Morgan fingerprint density at radius 3 is 2.27 bits per heavy atom. The van der Waals surface area contributed by atoms with Crippen LogP contribution in [0.5, 0.6) is 5.75 Å². The maximum atomic E-state index is 12.3. The Labute approximate surface area is 181 Å². The number of ether oxygens (including phenoxy) is 1. The summed E-state index contributed by atoms with van der Waals surface area (Å²) in [6.07, 6.45) is -0.0707. The van der Waals surface area contributed by atoms with Crippen LogP contribution in [0, 0.1) is 5.92 Å². The summed E-state index contributed by atoms with van der Waals surface area (Å²) >= 11 is 5.95. The van der Waals surface area contributed by atoms with E-state index in [2.05, 4.69) is 15.1 Å². The number of piperazine rings is 1. The molecule has 7 nitrogen and oxygen atoms in total. The van der Waals surface area contributed by atoms with Crippen molar-refractivity contribution in [3.05, 3.63) is 53.6 Å². The predicted octanol–water partition coefficient (Wildman–Crippen LogP) is 3.20. The second-order valence-corrected chi connectivity index (χ2v) is 7.72. The summed E-state index contributed by atoms with van der Waals surface area (Å²) in [5.74, 6) is -1.34. The molecule has 3 rings (SSSR count). The number of hydrogen-bond acceptors (Lipinski definition) is 5. The molecule has 0 aromatic heterocycles. The molecular formula is C22H26ClN3O4. The van der Waals surface area contributed by atoms with Crippen molar-refractivity contribution in [2.24, 2.45) is 5.92 Å². The molecule has 0 unspecified atom stereocenters. The van der Waals surface area contributed by atoms with Crippen LogP contribution < -0.4 is 15.0 Å². The highest BCUT2D eigenvalue weighted by molar-refractivity contribution is 6.30. The van der Waals surface area contributed by atoms with Crippen molar-refractivity contribution in [2.75, 3.05) is 50.1 Å². The Bertz CT molecular complexity index is 850. The summed E-state index contributed by atoms with van der Waals surface area (Å²) in [6.45, 7) is 3.43. The van der Waals surface area contributed by atoms with Gasteiger partial charge in [0.15, 0.2) is 0 Å². The van der Waals surface area contributed by atoms with Crippen LogP contribution in [-0.4, -0.2) is 61.7 Å². The summed E-state index contributed by atoms with van der Waals surface area (Å²) in [4.78, 5) is 28.4. The van der Waals surface area contributed by atoms with Crippen LogP contribution in [-0.2, 0) is 9.59 Å². The van der Waals surface area contributed by atoms with E-state index in [4.69, 9.17) is 16.3 Å². The minimum Gasteiger partial charge on any atom is -0.497 e. The number of carboxylic acids is 1. The van der Waals surface area contributed by atoms with Crippen LogP contribution in [0.15, 0.2) is 48.5 Å². The lowest BCUT2D eigenvalue weighted by Crippen LogP contribution is -2.48. The summed E-state index contributed by atoms with van der Waals surface area (Å²) in [7, 11) is 1.57. The normalized spacial score (nSPS) is 15.5. The van der Waals surface area contributed by atoms with Crippen LogP contribution in [0.4, 0.5) is 11.4 Å². The van der Waals surface area contributed by atoms with Gasteiger partial charge in [0.2, 0.25) is 5.91 Å². The van der Waals surface area contributed by atoms with E-state index in [1.54, 1.807) is 31.4 Å². The van der Waals surface area contributed by atoms with Gasteiger partial charge in [-0.15, -0.1) is 0 Å². The zero-order valence-corrected chi connectivity index (χ0v) is 17.6. The average Bonchev–Trinajstić information content (AvgIpc) is 2.75. The van der Waals surface area contributed by atoms with E-state index in [1.807, 2.05) is 24.3 Å². The molecule has 1 amide bonds. The van der Waals surface area contributed by atoms with E-state index in [0.29, 0.717) is 23.0 Å². The zero-order chi connectivity index (χ0) is 21.5. The Hall–Kier alpha value is -2.77. The van der Waals surface area contributed by atoms with E-state index in [0.717, 1.165) is 31.9 Å². The molecule has 2 aromatic rings. The van der Waals surface area contributed by atoms with Crippen LogP contribution >= 0.6 is 11.6 Å². The molecule has 0 saturated carbocycles. The SMILES string of the molecule is COc1ccc(NC(=O)C[C@H](CN2CCN(c3ccc(Cl)cc3)CC2)C(=O)O)cc1. The summed E-state index contributed by atoms with van der Waals surface area (Å²) < 4.78 is 5.09. The van der Waals surface area contributed by atoms with E-state index >= 15 is 0 Å². The first-order valence-electron chi connectivity index (χ1n) is 9.84. The molecule has 1 aliphatic heterocycles. The number of nitrogens with zero attached hydrogens (tertiary/aromatic N) is 2. The maximum Gasteiger partial charge on any atom is 0.308 e. The van der Waals surface area contributed by atoms with Gasteiger partial charge in [0.25, 0.3) is 0 Å². The van der Waals surface area contributed by atoms with Gasteiger partial charge in [0.1, 0.15) is 5.75 Å². The third-order valence-electron chi connectivity index (χ3n) is 5.20. The molecule has 2 N–H and O–H groups in total. The van der Waals surface area contributed by atoms with Crippen molar-refractivity contribution in [1.82, 2.24) is 4.90 Å². The van der Waals surface area contributed by atoms with Gasteiger partial charge < -0.3 is 20.1 Å². The number of nitrogens with one attached hydrogen (secondary N) is 1. The number of benzene rings is 2. The fourth-order valence-electron chi connectivity index (χ4n) is 3.49. The molecule has 1 fully saturated rings. The molecule has 0 aliphatic carbocycles. The number of halogens is 1. The lowest BCUT2D eigenvalue weighted by atomic mass is 10.0. The summed E-state index contributed by atoms with van der Waals surface area (Å²) in [5.41, 5.74) is 1.72. The van der Waals surface area contributed by atoms with Gasteiger partial charge >= 0.3 is 5.97 Å². The number of carbonyl (C=O) groups is 2. The number of anilines is 2. The fourth-order valence-corrected chi connectivity index (χ4v) is 3.62. The van der Waals surface area contributed by atoms with Crippen molar-refractivity contribution >= 4 is 34.9 Å². The molecule has 0 radical (unpaired) electrons. The lowest BCUT2D eigenvalue weighted by molar-refractivity contribution is -0.144. The molecular weight excluding hydrogens is 406 g/mol. The molecule has 1 atom stereocenters. The van der Waals surface area contributed by atoms with Gasteiger partial charge in [0.05, 0.1) is 13.0 Å². The second-order valence-electron chi connectivity index (χ2n) is 7.28. The van der Waals surface area contributed by atoms with Crippen LogP contribution in [0.2, 0.25) is 5.02 Å². The van der Waals surface area contributed by atoms with Gasteiger partial charge in [-0.05, 0) is 48.5 Å². The Morgan fingerprint density at radius 1 is 1.07 bits per heavy atom. The number of amides is 1. The number of rotatable bonds is 8. The zero-order valence-electron chi connectivity index (χ0n) is 16.9. The molecule has 1 heterocycles. The summed E-state index contributed by atoms with van der Waals surface area (Å²) in [6, 6.07) is 14.6. The van der Waals surface area contributed by atoms with Crippen LogP contribution in [0.3, 0.4) is 0 Å². The van der Waals surface area contributed by atoms with Gasteiger partial charge in [-0.1, -0.05) is 11.6 Å². The molecule has 160 valence electrons. The smallest absolute Gasteiger partial charge is 0.308 e. The monoisotopic (exact) mass is 431 g/mol. The topological polar surface area (TPSA) is 82.1 Å². The van der Waals surface area contributed by atoms with E-state index in [1.165, 1.54) is 0 Å². The molecule has 2 aromatic carbocycles. The van der Waals surface area contributed by atoms with Crippen LogP contribution in [0.25, 0.3) is 0 Å². The first-order chi connectivity index (χ1) is 14.4. The van der Waals surface area contributed by atoms with Crippen molar-refractivity contribution in [2.45, 2.75) is 6.42 Å². The molecule has 8 heteroatoms. The minimum absolute atomic E-state index is 0.0707. The minimum atomic E-state index is -0.958. The van der Waals surface area contributed by atoms with Gasteiger partial charge in [0, 0.05) is 55.5 Å². The largest absolute Gasteiger partial charge is 0.497 e. The van der Waals surface area contributed by atoms with Crippen molar-refractivity contribution in [3.63, 3.8) is 0 Å². The Balaban J connectivity index is 1.49. The number of hydrogen-bond donors (Lipinski definition) is 2. The third-order valence-corrected chi connectivity index (χ3v) is 5.45. The van der Waals surface area contributed by atoms with Crippen molar-refractivity contribution in [3.8, 4) is 5.75 Å². The first kappa shape index (κ1) is 21.9. The van der Waals surface area contributed by atoms with Gasteiger partial charge in [-0.2, -0.15) is 0 Å². The standard InChI is InChI=1S/C22H26ClN3O4/c1-30-20-8-4-18(5-9-20)24-21(27)14-16(22(28)29)15-25-10-12-26(13-11-25)19-6-2-17(23)3-7-19/h2-9,16H,10-15H2,1H3,(H,24,27)(H,28,29)/t16-/m1/s1. The first-order valence-corrected chi connectivity index (χ1v) is 10.2. The average molecular weight is 432 g/mol.